The maximum atomic E-state index is 13.1. The summed E-state index contributed by atoms with van der Waals surface area (Å²) in [6.07, 6.45) is 3.85. The quantitative estimate of drug-likeness (QED) is 0.499. The zero-order valence-corrected chi connectivity index (χ0v) is 17.5. The van der Waals surface area contributed by atoms with Crippen molar-refractivity contribution in [2.75, 3.05) is 16.2 Å². The fraction of sp³-hybridized carbons (Fsp3) is 0.0909. The van der Waals surface area contributed by atoms with E-state index in [4.69, 9.17) is 4.42 Å². The fourth-order valence-corrected chi connectivity index (χ4v) is 5.02. The largest absolute Gasteiger partial charge is 0.403 e. The lowest BCUT2D eigenvalue weighted by atomic mass is 10.2. The average molecular weight is 447 g/mol. The standard InChI is InChI=1S/C22H17N5O4S/c28-20(24-22-26-25-21(31-22)17-5-3-12-23-14-17)16-7-9-18(10-8-16)32(29,30)27-13-11-15-4-1-2-6-19(15)27/h1-10,12,14H,11,13H2,(H,24,26,28). The van der Waals surface area contributed by atoms with Gasteiger partial charge in [0.05, 0.1) is 16.1 Å². The minimum absolute atomic E-state index is 0.0702. The van der Waals surface area contributed by atoms with Gasteiger partial charge in [-0.2, -0.15) is 0 Å². The number of anilines is 2. The van der Waals surface area contributed by atoms with Crippen molar-refractivity contribution >= 4 is 27.6 Å². The minimum atomic E-state index is -3.73. The molecule has 0 saturated heterocycles. The second-order valence-corrected chi connectivity index (χ2v) is 8.95. The number of carbonyl (C=O) groups excluding carboxylic acids is 1. The highest BCUT2D eigenvalue weighted by Crippen LogP contribution is 2.32. The Kier molecular flexibility index (Phi) is 4.91. The van der Waals surface area contributed by atoms with Gasteiger partial charge in [-0.1, -0.05) is 23.3 Å². The predicted molar refractivity (Wildman–Crippen MR) is 117 cm³/mol. The lowest BCUT2D eigenvalue weighted by Crippen LogP contribution is -2.29. The predicted octanol–water partition coefficient (Wildman–Crippen LogP) is 3.14. The molecule has 0 spiro atoms. The van der Waals surface area contributed by atoms with Crippen LogP contribution in [0.3, 0.4) is 0 Å². The zero-order chi connectivity index (χ0) is 22.1. The molecular formula is C22H17N5O4S. The molecule has 32 heavy (non-hydrogen) atoms. The Morgan fingerprint density at radius 3 is 2.59 bits per heavy atom. The average Bonchev–Trinajstić information content (AvgIpc) is 3.47. The number of hydrogen-bond acceptors (Lipinski definition) is 7. The Bertz CT molecular complexity index is 1390. The normalized spacial score (nSPS) is 13.1. The first-order valence-electron chi connectivity index (χ1n) is 9.78. The van der Waals surface area contributed by atoms with Crippen LogP contribution in [0.2, 0.25) is 0 Å². The Balaban J connectivity index is 1.32. The van der Waals surface area contributed by atoms with Crippen LogP contribution in [0.25, 0.3) is 11.5 Å². The van der Waals surface area contributed by atoms with Crippen molar-refractivity contribution < 1.29 is 17.6 Å². The van der Waals surface area contributed by atoms with E-state index in [0.29, 0.717) is 24.2 Å². The summed E-state index contributed by atoms with van der Waals surface area (Å²) in [5.41, 5.74) is 2.57. The number of para-hydroxylation sites is 1. The summed E-state index contributed by atoms with van der Waals surface area (Å²) in [6.45, 7) is 0.389. The lowest BCUT2D eigenvalue weighted by molar-refractivity contribution is 0.102. The SMILES string of the molecule is O=C(Nc1nnc(-c2cccnc2)o1)c1ccc(S(=O)(=O)N2CCc3ccccc32)cc1. The number of fused-ring (bicyclic) bond motifs is 1. The second kappa shape index (κ2) is 7.89. The van der Waals surface area contributed by atoms with Gasteiger partial charge in [0.1, 0.15) is 0 Å². The monoisotopic (exact) mass is 447 g/mol. The van der Waals surface area contributed by atoms with Gasteiger partial charge in [0.15, 0.2) is 0 Å². The summed E-state index contributed by atoms with van der Waals surface area (Å²) >= 11 is 0. The van der Waals surface area contributed by atoms with E-state index in [2.05, 4.69) is 20.5 Å². The third kappa shape index (κ3) is 3.60. The number of pyridine rings is 1. The topological polar surface area (TPSA) is 118 Å². The van der Waals surface area contributed by atoms with E-state index in [1.807, 2.05) is 18.2 Å². The summed E-state index contributed by atoms with van der Waals surface area (Å²) in [7, 11) is -3.73. The van der Waals surface area contributed by atoms with E-state index >= 15 is 0 Å². The van der Waals surface area contributed by atoms with E-state index in [-0.39, 0.29) is 22.4 Å². The Labute approximate surface area is 183 Å². The van der Waals surface area contributed by atoms with E-state index < -0.39 is 15.9 Å². The highest BCUT2D eigenvalue weighted by atomic mass is 32.2. The van der Waals surface area contributed by atoms with Crippen molar-refractivity contribution in [2.45, 2.75) is 11.3 Å². The van der Waals surface area contributed by atoms with Crippen LogP contribution in [-0.2, 0) is 16.4 Å². The molecule has 0 saturated carbocycles. The summed E-state index contributed by atoms with van der Waals surface area (Å²) in [5, 5.41) is 10.2. The van der Waals surface area contributed by atoms with Crippen LogP contribution in [0, 0.1) is 0 Å². The molecule has 5 rings (SSSR count). The molecular weight excluding hydrogens is 430 g/mol. The van der Waals surface area contributed by atoms with Crippen molar-refractivity contribution in [2.24, 2.45) is 0 Å². The molecule has 10 heteroatoms. The van der Waals surface area contributed by atoms with Crippen LogP contribution in [0.15, 0.2) is 82.4 Å². The fourth-order valence-electron chi connectivity index (χ4n) is 3.51. The first-order chi connectivity index (χ1) is 15.5. The van der Waals surface area contributed by atoms with E-state index in [0.717, 1.165) is 5.56 Å². The van der Waals surface area contributed by atoms with Crippen LogP contribution < -0.4 is 9.62 Å². The molecule has 0 atom stereocenters. The van der Waals surface area contributed by atoms with Gasteiger partial charge in [-0.05, 0) is 54.4 Å². The van der Waals surface area contributed by atoms with Gasteiger partial charge >= 0.3 is 6.01 Å². The third-order valence-corrected chi connectivity index (χ3v) is 6.93. The smallest absolute Gasteiger partial charge is 0.322 e. The van der Waals surface area contributed by atoms with Gasteiger partial charge in [-0.3, -0.25) is 19.4 Å². The van der Waals surface area contributed by atoms with E-state index in [9.17, 15) is 13.2 Å². The summed E-state index contributed by atoms with van der Waals surface area (Å²) < 4.78 is 33.0. The van der Waals surface area contributed by atoms with Crippen molar-refractivity contribution in [1.82, 2.24) is 15.2 Å². The van der Waals surface area contributed by atoms with Gasteiger partial charge in [0.2, 0.25) is 0 Å². The van der Waals surface area contributed by atoms with Gasteiger partial charge < -0.3 is 4.42 Å². The molecule has 2 aromatic heterocycles. The number of hydrogen-bond donors (Lipinski definition) is 1. The summed E-state index contributed by atoms with van der Waals surface area (Å²) in [4.78, 5) is 16.6. The number of aromatic nitrogens is 3. The number of rotatable bonds is 5. The molecule has 1 aliphatic rings. The number of sulfonamides is 1. The lowest BCUT2D eigenvalue weighted by Gasteiger charge is -2.19. The molecule has 1 amide bonds. The number of nitrogens with zero attached hydrogens (tertiary/aromatic N) is 4. The maximum absolute atomic E-state index is 13.1. The molecule has 160 valence electrons. The van der Waals surface area contributed by atoms with Crippen LogP contribution in [0.1, 0.15) is 15.9 Å². The summed E-state index contributed by atoms with van der Waals surface area (Å²) in [5.74, 6) is -0.275. The van der Waals surface area contributed by atoms with Crippen LogP contribution >= 0.6 is 0 Å². The van der Waals surface area contributed by atoms with E-state index in [1.165, 1.54) is 28.6 Å². The number of benzene rings is 2. The van der Waals surface area contributed by atoms with Crippen molar-refractivity contribution in [3.8, 4) is 11.5 Å². The molecule has 0 radical (unpaired) electrons. The maximum Gasteiger partial charge on any atom is 0.322 e. The first kappa shape index (κ1) is 19.9. The molecule has 3 heterocycles. The molecule has 1 aliphatic heterocycles. The van der Waals surface area contributed by atoms with Crippen molar-refractivity contribution in [3.05, 3.63) is 84.2 Å². The second-order valence-electron chi connectivity index (χ2n) is 7.09. The molecule has 2 aromatic carbocycles. The molecule has 0 bridgehead atoms. The molecule has 4 aromatic rings. The van der Waals surface area contributed by atoms with Crippen LogP contribution in [0.5, 0.6) is 0 Å². The van der Waals surface area contributed by atoms with Gasteiger partial charge in [-0.25, -0.2) is 8.42 Å². The minimum Gasteiger partial charge on any atom is -0.403 e. The van der Waals surface area contributed by atoms with Crippen molar-refractivity contribution in [1.29, 1.82) is 0 Å². The summed E-state index contributed by atoms with van der Waals surface area (Å²) in [6, 6.07) is 16.6. The van der Waals surface area contributed by atoms with Crippen LogP contribution in [0.4, 0.5) is 11.7 Å². The number of carbonyl (C=O) groups is 1. The number of nitrogens with one attached hydrogen (secondary N) is 1. The van der Waals surface area contributed by atoms with Crippen LogP contribution in [-0.4, -0.2) is 36.1 Å². The molecule has 0 aliphatic carbocycles. The Morgan fingerprint density at radius 1 is 1.00 bits per heavy atom. The van der Waals surface area contributed by atoms with Gasteiger partial charge in [0.25, 0.3) is 21.8 Å². The van der Waals surface area contributed by atoms with Gasteiger partial charge in [0, 0.05) is 24.5 Å². The Hall–Kier alpha value is -4.05. The zero-order valence-electron chi connectivity index (χ0n) is 16.7. The van der Waals surface area contributed by atoms with Gasteiger partial charge in [-0.15, -0.1) is 5.10 Å². The molecule has 0 unspecified atom stereocenters. The van der Waals surface area contributed by atoms with E-state index in [1.54, 1.807) is 30.6 Å². The third-order valence-electron chi connectivity index (χ3n) is 5.10. The molecule has 0 fully saturated rings. The molecule has 1 N–H and O–H groups in total. The first-order valence-corrected chi connectivity index (χ1v) is 11.2. The highest BCUT2D eigenvalue weighted by Gasteiger charge is 2.30. The van der Waals surface area contributed by atoms with Crippen molar-refractivity contribution in [3.63, 3.8) is 0 Å². The number of amides is 1. The Morgan fingerprint density at radius 2 is 1.81 bits per heavy atom. The molecule has 9 nitrogen and oxygen atoms in total. The highest BCUT2D eigenvalue weighted by molar-refractivity contribution is 7.92.